The molecule has 0 saturated carbocycles. The Morgan fingerprint density at radius 3 is 2.45 bits per heavy atom. The van der Waals surface area contributed by atoms with E-state index in [-0.39, 0.29) is 18.4 Å². The minimum absolute atomic E-state index is 0.0422. The van der Waals surface area contributed by atoms with Crippen molar-refractivity contribution >= 4 is 17.8 Å². The zero-order chi connectivity index (χ0) is 16.9. The summed E-state index contributed by atoms with van der Waals surface area (Å²) in [7, 11) is 0. The van der Waals surface area contributed by atoms with Crippen LogP contribution in [0.5, 0.6) is 0 Å². The van der Waals surface area contributed by atoms with Crippen LogP contribution in [0.4, 0.5) is 4.79 Å². The largest absolute Gasteiger partial charge is 0.352 e. The van der Waals surface area contributed by atoms with Crippen molar-refractivity contribution in [2.24, 2.45) is 11.1 Å². The van der Waals surface area contributed by atoms with Crippen molar-refractivity contribution in [3.8, 4) is 0 Å². The van der Waals surface area contributed by atoms with Crippen LogP contribution in [0.15, 0.2) is 0 Å². The molecule has 0 aromatic rings. The molecule has 0 spiro atoms. The fraction of sp³-hybridized carbons (Fsp3) is 0.800. The SMILES string of the molecule is CCCN1CCCN(C(=O)[C@H](NC(N)=O)C(C)(C)C)CC1=O. The number of urea groups is 1. The molecule has 4 amide bonds. The van der Waals surface area contributed by atoms with E-state index in [1.165, 1.54) is 4.90 Å². The zero-order valence-corrected chi connectivity index (χ0v) is 14.0. The lowest BCUT2D eigenvalue weighted by Crippen LogP contribution is -2.56. The Labute approximate surface area is 132 Å². The molecule has 0 unspecified atom stereocenters. The Balaban J connectivity index is 2.85. The highest BCUT2D eigenvalue weighted by Crippen LogP contribution is 2.22. The van der Waals surface area contributed by atoms with Gasteiger partial charge in [0.2, 0.25) is 11.8 Å². The summed E-state index contributed by atoms with van der Waals surface area (Å²) in [6.45, 7) is 9.54. The summed E-state index contributed by atoms with van der Waals surface area (Å²) in [5.41, 5.74) is 4.70. The number of nitrogens with one attached hydrogen (secondary N) is 1. The minimum Gasteiger partial charge on any atom is -0.352 e. The van der Waals surface area contributed by atoms with E-state index in [9.17, 15) is 14.4 Å². The van der Waals surface area contributed by atoms with Crippen LogP contribution < -0.4 is 11.1 Å². The molecule has 1 aliphatic heterocycles. The van der Waals surface area contributed by atoms with Crippen LogP contribution in [0, 0.1) is 5.41 Å². The van der Waals surface area contributed by atoms with Crippen LogP contribution in [0.25, 0.3) is 0 Å². The summed E-state index contributed by atoms with van der Waals surface area (Å²) in [5.74, 6) is -0.294. The van der Waals surface area contributed by atoms with E-state index in [1.54, 1.807) is 4.90 Å². The molecule has 1 rings (SSSR count). The molecule has 1 aliphatic rings. The Morgan fingerprint density at radius 2 is 1.95 bits per heavy atom. The van der Waals surface area contributed by atoms with E-state index in [4.69, 9.17) is 5.73 Å². The van der Waals surface area contributed by atoms with Crippen LogP contribution in [-0.4, -0.2) is 59.9 Å². The summed E-state index contributed by atoms with van der Waals surface area (Å²) < 4.78 is 0. The van der Waals surface area contributed by atoms with E-state index in [0.29, 0.717) is 19.6 Å². The topological polar surface area (TPSA) is 95.7 Å². The molecule has 0 aliphatic carbocycles. The fourth-order valence-corrected chi connectivity index (χ4v) is 2.59. The number of nitrogens with zero attached hydrogens (tertiary/aromatic N) is 2. The van der Waals surface area contributed by atoms with Gasteiger partial charge < -0.3 is 20.9 Å². The number of nitrogens with two attached hydrogens (primary N) is 1. The average molecular weight is 312 g/mol. The fourth-order valence-electron chi connectivity index (χ4n) is 2.59. The maximum absolute atomic E-state index is 12.7. The monoisotopic (exact) mass is 312 g/mol. The van der Waals surface area contributed by atoms with E-state index < -0.39 is 17.5 Å². The van der Waals surface area contributed by atoms with Gasteiger partial charge in [0.15, 0.2) is 0 Å². The van der Waals surface area contributed by atoms with Crippen molar-refractivity contribution in [2.75, 3.05) is 26.2 Å². The summed E-state index contributed by atoms with van der Waals surface area (Å²) in [5, 5.41) is 2.51. The number of rotatable bonds is 4. The summed E-state index contributed by atoms with van der Waals surface area (Å²) in [4.78, 5) is 39.5. The predicted molar refractivity (Wildman–Crippen MR) is 84.0 cm³/mol. The number of hydrogen-bond donors (Lipinski definition) is 2. The third kappa shape index (κ3) is 4.89. The number of primary amides is 1. The van der Waals surface area contributed by atoms with E-state index in [1.807, 2.05) is 27.7 Å². The van der Waals surface area contributed by atoms with Crippen molar-refractivity contribution in [1.29, 1.82) is 0 Å². The third-order valence-electron chi connectivity index (χ3n) is 3.74. The van der Waals surface area contributed by atoms with Crippen molar-refractivity contribution in [2.45, 2.75) is 46.6 Å². The van der Waals surface area contributed by atoms with Crippen molar-refractivity contribution in [3.05, 3.63) is 0 Å². The highest BCUT2D eigenvalue weighted by Gasteiger charge is 2.36. The first-order valence-corrected chi connectivity index (χ1v) is 7.79. The second kappa shape index (κ2) is 7.47. The molecule has 3 N–H and O–H groups in total. The summed E-state index contributed by atoms with van der Waals surface area (Å²) in [6, 6.07) is -1.47. The number of carbonyl (C=O) groups excluding carboxylic acids is 3. The molecule has 1 atom stereocenters. The van der Waals surface area contributed by atoms with Gasteiger partial charge in [0.25, 0.3) is 0 Å². The normalized spacial score (nSPS) is 17.9. The lowest BCUT2D eigenvalue weighted by Gasteiger charge is -2.33. The maximum Gasteiger partial charge on any atom is 0.312 e. The van der Waals surface area contributed by atoms with Crippen LogP contribution in [0.1, 0.15) is 40.5 Å². The van der Waals surface area contributed by atoms with Gasteiger partial charge in [-0.3, -0.25) is 9.59 Å². The average Bonchev–Trinajstić information content (AvgIpc) is 2.57. The van der Waals surface area contributed by atoms with Gasteiger partial charge >= 0.3 is 6.03 Å². The number of hydrogen-bond acceptors (Lipinski definition) is 3. The van der Waals surface area contributed by atoms with Crippen LogP contribution >= 0.6 is 0 Å². The summed E-state index contributed by atoms with van der Waals surface area (Å²) >= 11 is 0. The third-order valence-corrected chi connectivity index (χ3v) is 3.74. The molecule has 22 heavy (non-hydrogen) atoms. The van der Waals surface area contributed by atoms with Crippen LogP contribution in [0.3, 0.4) is 0 Å². The van der Waals surface area contributed by atoms with E-state index in [0.717, 1.165) is 12.8 Å². The molecule has 0 radical (unpaired) electrons. The smallest absolute Gasteiger partial charge is 0.312 e. The molecular weight excluding hydrogens is 284 g/mol. The van der Waals surface area contributed by atoms with Gasteiger partial charge in [-0.1, -0.05) is 27.7 Å². The number of carbonyl (C=O) groups is 3. The number of amides is 4. The second-order valence-electron chi connectivity index (χ2n) is 6.80. The Hall–Kier alpha value is -1.79. The van der Waals surface area contributed by atoms with Gasteiger partial charge in [-0.2, -0.15) is 0 Å². The first-order chi connectivity index (χ1) is 10.2. The van der Waals surface area contributed by atoms with E-state index >= 15 is 0 Å². The van der Waals surface area contributed by atoms with Gasteiger partial charge in [-0.25, -0.2) is 4.79 Å². The van der Waals surface area contributed by atoms with Crippen LogP contribution in [-0.2, 0) is 9.59 Å². The van der Waals surface area contributed by atoms with Gasteiger partial charge in [0, 0.05) is 19.6 Å². The first kappa shape index (κ1) is 18.3. The Morgan fingerprint density at radius 1 is 1.32 bits per heavy atom. The Bertz CT molecular complexity index is 431. The first-order valence-electron chi connectivity index (χ1n) is 7.79. The van der Waals surface area contributed by atoms with Gasteiger partial charge in [-0.05, 0) is 18.3 Å². The lowest BCUT2D eigenvalue weighted by molar-refractivity contribution is -0.141. The molecular formula is C15H28N4O3. The highest BCUT2D eigenvalue weighted by atomic mass is 16.2. The molecule has 7 heteroatoms. The predicted octanol–water partition coefficient (Wildman–Crippen LogP) is 0.540. The molecule has 1 heterocycles. The second-order valence-corrected chi connectivity index (χ2v) is 6.80. The summed E-state index contributed by atoms with van der Waals surface area (Å²) in [6.07, 6.45) is 1.64. The maximum atomic E-state index is 12.7. The molecule has 0 bridgehead atoms. The van der Waals surface area contributed by atoms with Crippen molar-refractivity contribution in [1.82, 2.24) is 15.1 Å². The Kier molecular flexibility index (Phi) is 6.20. The zero-order valence-electron chi connectivity index (χ0n) is 14.0. The molecule has 126 valence electrons. The van der Waals surface area contributed by atoms with E-state index in [2.05, 4.69) is 5.32 Å². The van der Waals surface area contributed by atoms with Gasteiger partial charge in [0.05, 0.1) is 6.54 Å². The molecule has 1 saturated heterocycles. The molecule has 7 nitrogen and oxygen atoms in total. The van der Waals surface area contributed by atoms with Crippen molar-refractivity contribution < 1.29 is 14.4 Å². The van der Waals surface area contributed by atoms with Gasteiger partial charge in [-0.15, -0.1) is 0 Å². The molecule has 1 fully saturated rings. The quantitative estimate of drug-likeness (QED) is 0.793. The lowest BCUT2D eigenvalue weighted by atomic mass is 9.85. The standard InChI is InChI=1S/C15H28N4O3/c1-5-7-18-8-6-9-19(10-11(18)20)13(21)12(15(2,3)4)17-14(16)22/h12H,5-10H2,1-4H3,(H3,16,17,22)/t12-/m0/s1. The van der Waals surface area contributed by atoms with Gasteiger partial charge in [0.1, 0.15) is 6.04 Å². The van der Waals surface area contributed by atoms with Crippen LogP contribution in [0.2, 0.25) is 0 Å². The van der Waals surface area contributed by atoms with Crippen molar-refractivity contribution in [3.63, 3.8) is 0 Å². The molecule has 0 aromatic carbocycles. The highest BCUT2D eigenvalue weighted by molar-refractivity contribution is 5.90. The minimum atomic E-state index is -0.740. The molecule has 0 aromatic heterocycles.